The van der Waals surface area contributed by atoms with Crippen molar-refractivity contribution >= 4 is 21.8 Å². The molecule has 2 aliphatic rings. The van der Waals surface area contributed by atoms with Gasteiger partial charge in [-0.25, -0.2) is 8.42 Å². The lowest BCUT2D eigenvalue weighted by Crippen LogP contribution is -2.50. The van der Waals surface area contributed by atoms with Gasteiger partial charge in [0.05, 0.1) is 18.0 Å². The highest BCUT2D eigenvalue weighted by molar-refractivity contribution is 7.89. The van der Waals surface area contributed by atoms with Crippen LogP contribution in [0.25, 0.3) is 0 Å². The van der Waals surface area contributed by atoms with Gasteiger partial charge in [0.1, 0.15) is 0 Å². The summed E-state index contributed by atoms with van der Waals surface area (Å²) in [5.74, 6) is 2.06. The van der Waals surface area contributed by atoms with E-state index < -0.39 is 10.0 Å². The third-order valence-corrected chi connectivity index (χ3v) is 6.54. The Kier molecular flexibility index (Phi) is 5.79. The maximum atomic E-state index is 12.8. The lowest BCUT2D eigenvalue weighted by atomic mass is 10.2. The Morgan fingerprint density at radius 2 is 1.93 bits per heavy atom. The van der Waals surface area contributed by atoms with E-state index in [2.05, 4.69) is 16.1 Å². The minimum atomic E-state index is -3.83. The number of hydrogen-bond acceptors (Lipinski definition) is 5. The summed E-state index contributed by atoms with van der Waals surface area (Å²) < 4.78 is 26.7. The molecule has 2 saturated heterocycles. The van der Waals surface area contributed by atoms with Gasteiger partial charge in [-0.3, -0.25) is 14.5 Å². The molecule has 1 N–H and O–H groups in total. The molecule has 0 aliphatic carbocycles. The maximum absolute atomic E-state index is 12.8. The summed E-state index contributed by atoms with van der Waals surface area (Å²) in [7, 11) is -3.83. The van der Waals surface area contributed by atoms with Crippen molar-refractivity contribution in [1.29, 1.82) is 0 Å². The van der Waals surface area contributed by atoms with Gasteiger partial charge in [-0.1, -0.05) is 12.0 Å². The summed E-state index contributed by atoms with van der Waals surface area (Å²) in [4.78, 5) is 28.1. The first-order valence-electron chi connectivity index (χ1n) is 8.74. The van der Waals surface area contributed by atoms with E-state index >= 15 is 0 Å². The van der Waals surface area contributed by atoms with E-state index in [1.165, 1.54) is 12.1 Å². The molecule has 2 fully saturated rings. The van der Waals surface area contributed by atoms with Gasteiger partial charge in [0, 0.05) is 44.8 Å². The molecule has 2 heterocycles. The van der Waals surface area contributed by atoms with Gasteiger partial charge < -0.3 is 10.2 Å². The van der Waals surface area contributed by atoms with Crippen LogP contribution in [0.5, 0.6) is 0 Å². The van der Waals surface area contributed by atoms with Crippen LogP contribution in [0.3, 0.4) is 0 Å². The van der Waals surface area contributed by atoms with E-state index in [4.69, 9.17) is 6.42 Å². The van der Waals surface area contributed by atoms with Crippen LogP contribution in [0.2, 0.25) is 0 Å². The van der Waals surface area contributed by atoms with Crippen LogP contribution in [0, 0.1) is 12.3 Å². The number of amides is 2. The average molecular weight is 390 g/mol. The second kappa shape index (κ2) is 8.08. The van der Waals surface area contributed by atoms with Crippen LogP contribution < -0.4 is 5.32 Å². The number of sulfonamides is 1. The molecule has 2 aliphatic heterocycles. The highest BCUT2D eigenvalue weighted by Gasteiger charge is 2.30. The number of carbonyl (C=O) groups is 2. The molecule has 27 heavy (non-hydrogen) atoms. The predicted molar refractivity (Wildman–Crippen MR) is 99.4 cm³/mol. The molecule has 1 aromatic rings. The monoisotopic (exact) mass is 390 g/mol. The van der Waals surface area contributed by atoms with Crippen LogP contribution in [0.1, 0.15) is 10.4 Å². The van der Waals surface area contributed by atoms with Crippen molar-refractivity contribution in [2.45, 2.75) is 4.90 Å². The van der Waals surface area contributed by atoms with E-state index in [0.29, 0.717) is 38.3 Å². The molecule has 9 heteroatoms. The normalized spacial score (nSPS) is 19.4. The topological polar surface area (TPSA) is 90.0 Å². The lowest BCUT2D eigenvalue weighted by molar-refractivity contribution is -0.122. The Labute approximate surface area is 159 Å². The Hall–Kier alpha value is -2.41. The van der Waals surface area contributed by atoms with Crippen LogP contribution in [-0.4, -0.2) is 86.7 Å². The first-order chi connectivity index (χ1) is 12.9. The van der Waals surface area contributed by atoms with Gasteiger partial charge in [-0.05, 0) is 18.2 Å². The van der Waals surface area contributed by atoms with Crippen molar-refractivity contribution in [3.63, 3.8) is 0 Å². The number of nitrogens with zero attached hydrogens (tertiary/aromatic N) is 3. The second-order valence-corrected chi connectivity index (χ2v) is 8.43. The van der Waals surface area contributed by atoms with Gasteiger partial charge in [-0.15, -0.1) is 6.42 Å². The highest BCUT2D eigenvalue weighted by Crippen LogP contribution is 2.19. The Morgan fingerprint density at radius 1 is 1.19 bits per heavy atom. The third-order valence-electron chi connectivity index (χ3n) is 4.70. The first-order valence-corrected chi connectivity index (χ1v) is 10.2. The van der Waals surface area contributed by atoms with E-state index in [1.807, 2.05) is 0 Å². The first kappa shape index (κ1) is 19.4. The summed E-state index contributed by atoms with van der Waals surface area (Å²) in [5.41, 5.74) is 0.322. The zero-order valence-electron chi connectivity index (χ0n) is 14.9. The van der Waals surface area contributed by atoms with Gasteiger partial charge in [0.25, 0.3) is 5.91 Å². The third kappa shape index (κ3) is 4.30. The summed E-state index contributed by atoms with van der Waals surface area (Å²) in [6.07, 6.45) is 5.31. The largest absolute Gasteiger partial charge is 0.354 e. The molecule has 0 saturated carbocycles. The predicted octanol–water partition coefficient (Wildman–Crippen LogP) is -0.802. The zero-order valence-corrected chi connectivity index (χ0v) is 15.7. The molecule has 0 bridgehead atoms. The van der Waals surface area contributed by atoms with Gasteiger partial charge in [0.15, 0.2) is 0 Å². The molecule has 0 spiro atoms. The summed E-state index contributed by atoms with van der Waals surface area (Å²) in [6, 6.07) is 6.00. The molecule has 0 atom stereocenters. The minimum Gasteiger partial charge on any atom is -0.354 e. The van der Waals surface area contributed by atoms with Crippen molar-refractivity contribution < 1.29 is 18.0 Å². The molecular formula is C18H22N4O4S. The minimum absolute atomic E-state index is 0.0222. The maximum Gasteiger partial charge on any atom is 0.253 e. The van der Waals surface area contributed by atoms with Crippen molar-refractivity contribution in [1.82, 2.24) is 19.4 Å². The number of piperazine rings is 2. The Morgan fingerprint density at radius 3 is 2.59 bits per heavy atom. The summed E-state index contributed by atoms with van der Waals surface area (Å²) in [5, 5.41) is 2.60. The molecule has 144 valence electrons. The summed E-state index contributed by atoms with van der Waals surface area (Å²) >= 11 is 0. The molecule has 0 radical (unpaired) electrons. The van der Waals surface area contributed by atoms with E-state index in [1.54, 1.807) is 17.0 Å². The number of nitrogens with one attached hydrogen (secondary N) is 1. The van der Waals surface area contributed by atoms with E-state index in [9.17, 15) is 18.0 Å². The van der Waals surface area contributed by atoms with E-state index in [-0.39, 0.29) is 36.3 Å². The van der Waals surface area contributed by atoms with Crippen molar-refractivity contribution in [2.24, 2.45) is 0 Å². The molecule has 1 aromatic carbocycles. The number of terminal acetylenes is 1. The smallest absolute Gasteiger partial charge is 0.253 e. The van der Waals surface area contributed by atoms with Crippen LogP contribution in [-0.2, 0) is 14.8 Å². The Balaban J connectivity index is 1.74. The van der Waals surface area contributed by atoms with Crippen LogP contribution >= 0.6 is 0 Å². The van der Waals surface area contributed by atoms with Gasteiger partial charge >= 0.3 is 0 Å². The number of hydrogen-bond donors (Lipinski definition) is 1. The van der Waals surface area contributed by atoms with Gasteiger partial charge in [0.2, 0.25) is 15.9 Å². The fraction of sp³-hybridized carbons (Fsp3) is 0.444. The fourth-order valence-electron chi connectivity index (χ4n) is 3.18. The zero-order chi connectivity index (χ0) is 19.4. The standard InChI is InChI=1S/C18H22N4O4S/c1-2-7-20-9-11-21(12-10-20)18(24)15-4-3-5-16(13-15)27(25,26)22-8-6-19-17(23)14-22/h1,3-5,13H,6-12,14H2,(H,19,23). The number of carbonyl (C=O) groups excluding carboxylic acids is 2. The molecule has 8 nitrogen and oxygen atoms in total. The van der Waals surface area contributed by atoms with Crippen LogP contribution in [0.15, 0.2) is 29.2 Å². The van der Waals surface area contributed by atoms with E-state index in [0.717, 1.165) is 4.31 Å². The number of rotatable bonds is 4. The van der Waals surface area contributed by atoms with Gasteiger partial charge in [-0.2, -0.15) is 4.31 Å². The Bertz CT molecular complexity index is 870. The number of benzene rings is 1. The van der Waals surface area contributed by atoms with Crippen molar-refractivity contribution in [3.8, 4) is 12.3 Å². The molecule has 2 amide bonds. The van der Waals surface area contributed by atoms with Crippen LogP contribution in [0.4, 0.5) is 0 Å². The second-order valence-electron chi connectivity index (χ2n) is 6.49. The molecule has 3 rings (SSSR count). The average Bonchev–Trinajstić information content (AvgIpc) is 2.68. The quantitative estimate of drug-likeness (QED) is 0.680. The SMILES string of the molecule is C#CCN1CCN(C(=O)c2cccc(S(=O)(=O)N3CCNC(=O)C3)c2)CC1. The fourth-order valence-corrected chi connectivity index (χ4v) is 4.62. The lowest BCUT2D eigenvalue weighted by Gasteiger charge is -2.33. The van der Waals surface area contributed by atoms with Crippen molar-refractivity contribution in [2.75, 3.05) is 52.4 Å². The summed E-state index contributed by atoms with van der Waals surface area (Å²) in [6.45, 7) is 3.31. The highest BCUT2D eigenvalue weighted by atomic mass is 32.2. The van der Waals surface area contributed by atoms with Crippen molar-refractivity contribution in [3.05, 3.63) is 29.8 Å². The molecule has 0 aromatic heterocycles. The molecule has 0 unspecified atom stereocenters. The molecular weight excluding hydrogens is 368 g/mol.